The maximum Gasteiger partial charge on any atom is 0.193 e. The van der Waals surface area contributed by atoms with Gasteiger partial charge in [0.25, 0.3) is 0 Å². The van der Waals surface area contributed by atoms with Crippen LogP contribution in [0.1, 0.15) is 18.9 Å². The largest absolute Gasteiger partial charge is 0.381 e. The quantitative estimate of drug-likeness (QED) is 0.382. The van der Waals surface area contributed by atoms with E-state index in [1.165, 1.54) is 6.07 Å². The molecule has 0 amide bonds. The van der Waals surface area contributed by atoms with Crippen molar-refractivity contribution in [2.45, 2.75) is 19.9 Å². The Morgan fingerprint density at radius 2 is 2.30 bits per heavy atom. The molecule has 1 unspecified atom stereocenters. The molecule has 0 aromatic heterocycles. The van der Waals surface area contributed by atoms with Gasteiger partial charge in [0.05, 0.1) is 11.1 Å². The van der Waals surface area contributed by atoms with Crippen molar-refractivity contribution in [2.24, 2.45) is 10.9 Å². The smallest absolute Gasteiger partial charge is 0.193 e. The molecule has 23 heavy (non-hydrogen) atoms. The number of nitrogens with zero attached hydrogens (tertiary/aromatic N) is 2. The standard InChI is InChI=1S/C16H23BrFN3O.HI/c1-3-22-11-13-6-7-21(10-13)16(19-2)20-9-12-4-5-14(17)15(18)8-12;/h4-5,8,13H,3,6-7,9-11H2,1-2H3,(H,19,20);1H. The summed E-state index contributed by atoms with van der Waals surface area (Å²) in [5, 5.41) is 3.30. The number of hydrogen-bond donors (Lipinski definition) is 1. The molecule has 1 atom stereocenters. The molecular formula is C16H24BrFIN3O. The number of ether oxygens (including phenoxy) is 1. The Morgan fingerprint density at radius 3 is 2.96 bits per heavy atom. The van der Waals surface area contributed by atoms with Crippen molar-refractivity contribution in [2.75, 3.05) is 33.4 Å². The first kappa shape index (κ1) is 20.6. The predicted molar refractivity (Wildman–Crippen MR) is 106 cm³/mol. The van der Waals surface area contributed by atoms with Crippen molar-refractivity contribution < 1.29 is 9.13 Å². The minimum absolute atomic E-state index is 0. The molecule has 0 saturated carbocycles. The lowest BCUT2D eigenvalue weighted by atomic mass is 10.1. The number of rotatable bonds is 5. The van der Waals surface area contributed by atoms with Gasteiger partial charge in [-0.1, -0.05) is 6.07 Å². The number of hydrogen-bond acceptors (Lipinski definition) is 2. The second-order valence-electron chi connectivity index (χ2n) is 5.41. The monoisotopic (exact) mass is 499 g/mol. The van der Waals surface area contributed by atoms with Gasteiger partial charge in [-0.25, -0.2) is 4.39 Å². The molecule has 0 bridgehead atoms. The van der Waals surface area contributed by atoms with Crippen LogP contribution in [0.15, 0.2) is 27.7 Å². The second-order valence-corrected chi connectivity index (χ2v) is 6.26. The molecule has 0 aliphatic carbocycles. The van der Waals surface area contributed by atoms with Crippen LogP contribution in [-0.4, -0.2) is 44.2 Å². The molecule has 0 spiro atoms. The Balaban J connectivity index is 0.00000264. The summed E-state index contributed by atoms with van der Waals surface area (Å²) in [7, 11) is 1.78. The van der Waals surface area contributed by atoms with E-state index in [0.29, 0.717) is 16.9 Å². The number of benzene rings is 1. The molecule has 2 rings (SSSR count). The Bertz CT molecular complexity index is 530. The zero-order chi connectivity index (χ0) is 15.9. The summed E-state index contributed by atoms with van der Waals surface area (Å²) >= 11 is 3.16. The zero-order valence-electron chi connectivity index (χ0n) is 13.5. The molecule has 4 nitrogen and oxygen atoms in total. The Kier molecular flexibility index (Phi) is 9.38. The molecule has 1 aromatic rings. The van der Waals surface area contributed by atoms with Gasteiger partial charge in [-0.2, -0.15) is 0 Å². The van der Waals surface area contributed by atoms with Gasteiger partial charge in [-0.3, -0.25) is 4.99 Å². The van der Waals surface area contributed by atoms with E-state index in [0.717, 1.165) is 44.2 Å². The van der Waals surface area contributed by atoms with E-state index in [9.17, 15) is 4.39 Å². The van der Waals surface area contributed by atoms with Gasteiger partial charge in [0.2, 0.25) is 0 Å². The van der Waals surface area contributed by atoms with Crippen LogP contribution < -0.4 is 5.32 Å². The van der Waals surface area contributed by atoms with Crippen LogP contribution in [0.2, 0.25) is 0 Å². The van der Waals surface area contributed by atoms with E-state index in [1.54, 1.807) is 13.1 Å². The van der Waals surface area contributed by atoms with Crippen molar-refractivity contribution >= 4 is 45.9 Å². The molecule has 1 fully saturated rings. The third-order valence-corrected chi connectivity index (χ3v) is 4.43. The maximum atomic E-state index is 13.5. The van der Waals surface area contributed by atoms with E-state index in [-0.39, 0.29) is 29.8 Å². The molecule has 1 saturated heterocycles. The van der Waals surface area contributed by atoms with E-state index in [2.05, 4.69) is 31.1 Å². The molecule has 1 heterocycles. The summed E-state index contributed by atoms with van der Waals surface area (Å²) in [6.07, 6.45) is 1.12. The molecule has 0 radical (unpaired) electrons. The predicted octanol–water partition coefficient (Wildman–Crippen LogP) is 3.64. The van der Waals surface area contributed by atoms with Crippen LogP contribution in [-0.2, 0) is 11.3 Å². The normalized spacial score (nSPS) is 18.0. The topological polar surface area (TPSA) is 36.9 Å². The average molecular weight is 500 g/mol. The third kappa shape index (κ3) is 6.19. The maximum absolute atomic E-state index is 13.5. The Labute approximate surface area is 163 Å². The fourth-order valence-electron chi connectivity index (χ4n) is 2.61. The van der Waals surface area contributed by atoms with Gasteiger partial charge in [-0.15, -0.1) is 24.0 Å². The Morgan fingerprint density at radius 1 is 1.52 bits per heavy atom. The Hall–Kier alpha value is -0.410. The lowest BCUT2D eigenvalue weighted by Crippen LogP contribution is -2.39. The summed E-state index contributed by atoms with van der Waals surface area (Å²) in [4.78, 5) is 6.56. The first-order valence-corrected chi connectivity index (χ1v) is 8.40. The average Bonchev–Trinajstić information content (AvgIpc) is 2.98. The summed E-state index contributed by atoms with van der Waals surface area (Å²) in [5.41, 5.74) is 0.895. The molecule has 1 aromatic carbocycles. The van der Waals surface area contributed by atoms with Crippen LogP contribution in [0.4, 0.5) is 4.39 Å². The van der Waals surface area contributed by atoms with Crippen LogP contribution in [0, 0.1) is 11.7 Å². The highest BCUT2D eigenvalue weighted by molar-refractivity contribution is 14.0. The fraction of sp³-hybridized carbons (Fsp3) is 0.562. The zero-order valence-corrected chi connectivity index (χ0v) is 17.4. The van der Waals surface area contributed by atoms with Gasteiger partial charge < -0.3 is 15.0 Å². The van der Waals surface area contributed by atoms with E-state index < -0.39 is 0 Å². The molecule has 1 aliphatic heterocycles. The fourth-order valence-corrected chi connectivity index (χ4v) is 2.86. The van der Waals surface area contributed by atoms with E-state index >= 15 is 0 Å². The number of nitrogens with one attached hydrogen (secondary N) is 1. The van der Waals surface area contributed by atoms with Crippen LogP contribution >= 0.6 is 39.9 Å². The van der Waals surface area contributed by atoms with Gasteiger partial charge in [-0.05, 0) is 47.0 Å². The van der Waals surface area contributed by atoms with E-state index in [4.69, 9.17) is 4.74 Å². The van der Waals surface area contributed by atoms with E-state index in [1.807, 2.05) is 13.0 Å². The minimum Gasteiger partial charge on any atom is -0.381 e. The second kappa shape index (κ2) is 10.5. The number of halogens is 3. The van der Waals surface area contributed by atoms with Gasteiger partial charge >= 0.3 is 0 Å². The summed E-state index contributed by atoms with van der Waals surface area (Å²) in [5.74, 6) is 1.18. The van der Waals surface area contributed by atoms with Crippen LogP contribution in [0.3, 0.4) is 0 Å². The number of likely N-dealkylation sites (tertiary alicyclic amines) is 1. The van der Waals surface area contributed by atoms with Gasteiger partial charge in [0, 0.05) is 39.2 Å². The van der Waals surface area contributed by atoms with Gasteiger partial charge in [0.1, 0.15) is 5.82 Å². The van der Waals surface area contributed by atoms with Crippen molar-refractivity contribution in [1.29, 1.82) is 0 Å². The van der Waals surface area contributed by atoms with Crippen molar-refractivity contribution in [1.82, 2.24) is 10.2 Å². The number of aliphatic imine (C=N–C) groups is 1. The summed E-state index contributed by atoms with van der Waals surface area (Å²) < 4.78 is 19.5. The minimum atomic E-state index is -0.243. The molecule has 7 heteroatoms. The number of guanidine groups is 1. The summed E-state index contributed by atoms with van der Waals surface area (Å²) in [6.45, 7) is 6.08. The van der Waals surface area contributed by atoms with Crippen molar-refractivity contribution in [3.63, 3.8) is 0 Å². The van der Waals surface area contributed by atoms with Crippen LogP contribution in [0.25, 0.3) is 0 Å². The highest BCUT2D eigenvalue weighted by Gasteiger charge is 2.24. The van der Waals surface area contributed by atoms with Crippen molar-refractivity contribution in [3.05, 3.63) is 34.1 Å². The molecular weight excluding hydrogens is 476 g/mol. The third-order valence-electron chi connectivity index (χ3n) is 3.79. The van der Waals surface area contributed by atoms with Crippen molar-refractivity contribution in [3.8, 4) is 0 Å². The highest BCUT2D eigenvalue weighted by Crippen LogP contribution is 2.18. The molecule has 1 aliphatic rings. The first-order chi connectivity index (χ1) is 10.6. The van der Waals surface area contributed by atoms with Crippen LogP contribution in [0.5, 0.6) is 0 Å². The summed E-state index contributed by atoms with van der Waals surface area (Å²) in [6, 6.07) is 5.16. The van der Waals surface area contributed by atoms with Gasteiger partial charge in [0.15, 0.2) is 5.96 Å². The SMILES string of the molecule is CCOCC1CCN(C(=NC)NCc2ccc(Br)c(F)c2)C1.I. The first-order valence-electron chi connectivity index (χ1n) is 7.61. The molecule has 1 N–H and O–H groups in total. The lowest BCUT2D eigenvalue weighted by molar-refractivity contribution is 0.114. The lowest BCUT2D eigenvalue weighted by Gasteiger charge is -2.21. The highest BCUT2D eigenvalue weighted by atomic mass is 127. The molecule has 130 valence electrons.